The normalized spacial score (nSPS) is 34.4. The standard InChI is InChI=1S/C11H19NO4S/c13-11(14)9-4-3-5-10(8-9)12-6-1-2-7-17(12,15)16/h9-10H,1-8H2,(H,13,14). The fraction of sp³-hybridized carbons (Fsp3) is 0.909. The molecule has 17 heavy (non-hydrogen) atoms. The molecule has 1 aliphatic heterocycles. The molecule has 2 aliphatic rings. The van der Waals surface area contributed by atoms with Crippen LogP contribution in [0.4, 0.5) is 0 Å². The van der Waals surface area contributed by atoms with E-state index in [9.17, 15) is 13.2 Å². The Kier molecular flexibility index (Phi) is 3.73. The zero-order valence-corrected chi connectivity index (χ0v) is 10.7. The van der Waals surface area contributed by atoms with Crippen molar-refractivity contribution in [3.05, 3.63) is 0 Å². The van der Waals surface area contributed by atoms with E-state index in [-0.39, 0.29) is 17.7 Å². The highest BCUT2D eigenvalue weighted by molar-refractivity contribution is 7.89. The minimum Gasteiger partial charge on any atom is -0.481 e. The molecule has 2 atom stereocenters. The second-order valence-electron chi connectivity index (χ2n) is 4.99. The van der Waals surface area contributed by atoms with Crippen molar-refractivity contribution in [2.45, 2.75) is 44.6 Å². The largest absolute Gasteiger partial charge is 0.481 e. The van der Waals surface area contributed by atoms with Gasteiger partial charge in [-0.3, -0.25) is 4.79 Å². The number of hydrogen-bond acceptors (Lipinski definition) is 3. The lowest BCUT2D eigenvalue weighted by Gasteiger charge is -2.37. The molecule has 2 rings (SSSR count). The molecule has 0 aromatic carbocycles. The Balaban J connectivity index is 2.08. The van der Waals surface area contributed by atoms with Gasteiger partial charge in [0.15, 0.2) is 0 Å². The van der Waals surface area contributed by atoms with Crippen molar-refractivity contribution in [3.8, 4) is 0 Å². The van der Waals surface area contributed by atoms with Crippen molar-refractivity contribution < 1.29 is 18.3 Å². The van der Waals surface area contributed by atoms with Crippen molar-refractivity contribution in [1.82, 2.24) is 4.31 Å². The van der Waals surface area contributed by atoms with Gasteiger partial charge in [-0.05, 0) is 32.1 Å². The predicted molar refractivity (Wildman–Crippen MR) is 63.1 cm³/mol. The van der Waals surface area contributed by atoms with E-state index in [0.29, 0.717) is 19.4 Å². The zero-order chi connectivity index (χ0) is 12.5. The fourth-order valence-electron chi connectivity index (χ4n) is 2.87. The average molecular weight is 261 g/mol. The summed E-state index contributed by atoms with van der Waals surface area (Å²) in [6, 6.07) is -0.0878. The SMILES string of the molecule is O=C(O)C1CCCC(N2CCCCS2(=O)=O)C1. The topological polar surface area (TPSA) is 74.7 Å². The summed E-state index contributed by atoms with van der Waals surface area (Å²) in [5, 5.41) is 9.02. The highest BCUT2D eigenvalue weighted by Gasteiger charge is 2.36. The van der Waals surface area contributed by atoms with E-state index in [1.807, 2.05) is 0 Å². The molecule has 0 aromatic heterocycles. The third-order valence-corrected chi connectivity index (χ3v) is 5.79. The molecule has 0 radical (unpaired) electrons. The summed E-state index contributed by atoms with van der Waals surface area (Å²) in [5.74, 6) is -0.934. The van der Waals surface area contributed by atoms with Gasteiger partial charge in [0.05, 0.1) is 11.7 Å². The maximum absolute atomic E-state index is 11.9. The summed E-state index contributed by atoms with van der Waals surface area (Å²) in [6.45, 7) is 0.569. The fourth-order valence-corrected chi connectivity index (χ4v) is 4.72. The summed E-state index contributed by atoms with van der Waals surface area (Å²) in [6.07, 6.45) is 4.41. The molecule has 2 unspecified atom stereocenters. The molecule has 98 valence electrons. The maximum atomic E-state index is 11.9. The summed E-state index contributed by atoms with van der Waals surface area (Å²) in [7, 11) is -3.13. The molecule has 5 nitrogen and oxygen atoms in total. The first-order valence-electron chi connectivity index (χ1n) is 6.23. The number of sulfonamides is 1. The first-order chi connectivity index (χ1) is 8.00. The third kappa shape index (κ3) is 2.80. The van der Waals surface area contributed by atoms with Gasteiger partial charge in [-0.1, -0.05) is 6.42 Å². The number of hydrogen-bond donors (Lipinski definition) is 1. The monoisotopic (exact) mass is 261 g/mol. The van der Waals surface area contributed by atoms with Crippen molar-refractivity contribution in [3.63, 3.8) is 0 Å². The van der Waals surface area contributed by atoms with Crippen molar-refractivity contribution in [1.29, 1.82) is 0 Å². The number of carboxylic acids is 1. The van der Waals surface area contributed by atoms with Gasteiger partial charge >= 0.3 is 5.97 Å². The van der Waals surface area contributed by atoms with Crippen LogP contribution in [0.2, 0.25) is 0 Å². The second kappa shape index (κ2) is 4.94. The molecule has 2 fully saturated rings. The van der Waals surface area contributed by atoms with Crippen LogP contribution < -0.4 is 0 Å². The van der Waals surface area contributed by atoms with Gasteiger partial charge in [0.2, 0.25) is 10.0 Å². The van der Waals surface area contributed by atoms with Crippen molar-refractivity contribution in [2.24, 2.45) is 5.92 Å². The summed E-state index contributed by atoms with van der Waals surface area (Å²) in [4.78, 5) is 11.0. The van der Waals surface area contributed by atoms with Gasteiger partial charge in [-0.15, -0.1) is 0 Å². The second-order valence-corrected chi connectivity index (χ2v) is 7.03. The van der Waals surface area contributed by atoms with Crippen LogP contribution in [0.3, 0.4) is 0 Å². The summed E-state index contributed by atoms with van der Waals surface area (Å²) >= 11 is 0. The van der Waals surface area contributed by atoms with Crippen molar-refractivity contribution in [2.75, 3.05) is 12.3 Å². The molecule has 0 amide bonds. The molecule has 1 saturated heterocycles. The van der Waals surface area contributed by atoms with Gasteiger partial charge in [0.25, 0.3) is 0 Å². The quantitative estimate of drug-likeness (QED) is 0.806. The number of aliphatic carboxylic acids is 1. The molecule has 0 spiro atoms. The number of rotatable bonds is 2. The van der Waals surface area contributed by atoms with Gasteiger partial charge in [-0.2, -0.15) is 4.31 Å². The van der Waals surface area contributed by atoms with E-state index in [0.717, 1.165) is 25.7 Å². The number of carbonyl (C=O) groups is 1. The van der Waals surface area contributed by atoms with Crippen LogP contribution >= 0.6 is 0 Å². The molecule has 1 N–H and O–H groups in total. The van der Waals surface area contributed by atoms with E-state index in [1.165, 1.54) is 0 Å². The highest BCUT2D eigenvalue weighted by Crippen LogP contribution is 2.31. The van der Waals surface area contributed by atoms with E-state index >= 15 is 0 Å². The molecule has 0 bridgehead atoms. The summed E-state index contributed by atoms with van der Waals surface area (Å²) in [5.41, 5.74) is 0. The van der Waals surface area contributed by atoms with Crippen LogP contribution in [0.5, 0.6) is 0 Å². The lowest BCUT2D eigenvalue weighted by Crippen LogP contribution is -2.47. The Hall–Kier alpha value is -0.620. The molecular formula is C11H19NO4S. The van der Waals surface area contributed by atoms with Crippen molar-refractivity contribution >= 4 is 16.0 Å². The van der Waals surface area contributed by atoms with Gasteiger partial charge < -0.3 is 5.11 Å². The number of carboxylic acid groups (broad SMARTS) is 1. The van der Waals surface area contributed by atoms with E-state index in [2.05, 4.69) is 0 Å². The number of nitrogens with zero attached hydrogens (tertiary/aromatic N) is 1. The molecule has 6 heteroatoms. The first kappa shape index (κ1) is 12.8. The minimum atomic E-state index is -3.13. The smallest absolute Gasteiger partial charge is 0.306 e. The first-order valence-corrected chi connectivity index (χ1v) is 7.84. The van der Waals surface area contributed by atoms with Gasteiger partial charge in [0, 0.05) is 12.6 Å². The minimum absolute atomic E-state index is 0.0878. The Morgan fingerprint density at radius 3 is 2.59 bits per heavy atom. The molecule has 1 saturated carbocycles. The molecular weight excluding hydrogens is 242 g/mol. The predicted octanol–water partition coefficient (Wildman–Crippen LogP) is 1.06. The summed E-state index contributed by atoms with van der Waals surface area (Å²) < 4.78 is 25.4. The average Bonchev–Trinajstić information content (AvgIpc) is 2.28. The zero-order valence-electron chi connectivity index (χ0n) is 9.84. The highest BCUT2D eigenvalue weighted by atomic mass is 32.2. The van der Waals surface area contributed by atoms with E-state index in [4.69, 9.17) is 5.11 Å². The lowest BCUT2D eigenvalue weighted by molar-refractivity contribution is -0.143. The van der Waals surface area contributed by atoms with Crippen LogP contribution in [0.15, 0.2) is 0 Å². The Morgan fingerprint density at radius 1 is 1.18 bits per heavy atom. The molecule has 1 aliphatic carbocycles. The van der Waals surface area contributed by atoms with Crippen LogP contribution in [-0.2, 0) is 14.8 Å². The van der Waals surface area contributed by atoms with Crippen LogP contribution in [0.1, 0.15) is 38.5 Å². The van der Waals surface area contributed by atoms with Crippen LogP contribution in [-0.4, -0.2) is 42.1 Å². The van der Waals surface area contributed by atoms with Crippen LogP contribution in [0.25, 0.3) is 0 Å². The Labute approximate surface area is 102 Å². The molecule has 0 aromatic rings. The third-order valence-electron chi connectivity index (χ3n) is 3.79. The molecule has 1 heterocycles. The lowest BCUT2D eigenvalue weighted by atomic mass is 9.85. The van der Waals surface area contributed by atoms with E-state index < -0.39 is 16.0 Å². The van der Waals surface area contributed by atoms with Gasteiger partial charge in [0.1, 0.15) is 0 Å². The van der Waals surface area contributed by atoms with Gasteiger partial charge in [-0.25, -0.2) is 8.42 Å². The van der Waals surface area contributed by atoms with E-state index in [1.54, 1.807) is 4.31 Å². The van der Waals surface area contributed by atoms with Crippen LogP contribution in [0, 0.1) is 5.92 Å². The Morgan fingerprint density at radius 2 is 1.94 bits per heavy atom. The Bertz CT molecular complexity index is 392. The maximum Gasteiger partial charge on any atom is 0.306 e.